The van der Waals surface area contributed by atoms with E-state index in [9.17, 15) is 4.79 Å². The quantitative estimate of drug-likeness (QED) is 0.786. The van der Waals surface area contributed by atoms with E-state index in [4.69, 9.17) is 9.53 Å². The lowest BCUT2D eigenvalue weighted by atomic mass is 9.89. The third-order valence-electron chi connectivity index (χ3n) is 4.27. The van der Waals surface area contributed by atoms with Crippen molar-refractivity contribution in [3.8, 4) is 0 Å². The highest BCUT2D eigenvalue weighted by atomic mass is 16.6. The van der Waals surface area contributed by atoms with Crippen molar-refractivity contribution in [3.63, 3.8) is 0 Å². The van der Waals surface area contributed by atoms with Crippen LogP contribution in [0.2, 0.25) is 0 Å². The topological polar surface area (TPSA) is 49.9 Å². The summed E-state index contributed by atoms with van der Waals surface area (Å²) in [6.07, 6.45) is 6.86. The van der Waals surface area contributed by atoms with Crippen molar-refractivity contribution in [2.45, 2.75) is 58.5 Å². The van der Waals surface area contributed by atoms with Crippen LogP contribution in [0.25, 0.3) is 0 Å². The largest absolute Gasteiger partial charge is 0.444 e. The zero-order valence-corrected chi connectivity index (χ0v) is 14.5. The monoisotopic (exact) mass is 312 g/mol. The number of ether oxygens (including phenoxy) is 1. The fraction of sp³-hybridized carbons (Fsp3) is 0.882. The van der Waals surface area contributed by atoms with Crippen LogP contribution >= 0.6 is 0 Å². The van der Waals surface area contributed by atoms with Crippen LogP contribution in [0.4, 0.5) is 4.79 Å². The van der Waals surface area contributed by atoms with E-state index < -0.39 is 5.60 Å². The van der Waals surface area contributed by atoms with E-state index in [1.807, 2.05) is 32.5 Å². The van der Waals surface area contributed by atoms with Gasteiger partial charge in [-0.3, -0.25) is 4.90 Å². The smallest absolute Gasteiger partial charge is 0.410 e. The van der Waals surface area contributed by atoms with Crippen molar-refractivity contribution >= 4 is 12.9 Å². The van der Waals surface area contributed by atoms with Crippen molar-refractivity contribution in [1.29, 1.82) is 0 Å². The molecular formula is C17H32N2O3. The first-order chi connectivity index (χ1) is 10.4. The van der Waals surface area contributed by atoms with Gasteiger partial charge in [0, 0.05) is 32.7 Å². The molecule has 1 saturated heterocycles. The second-order valence-electron chi connectivity index (χ2n) is 7.27. The average molecular weight is 312 g/mol. The fourth-order valence-electron chi connectivity index (χ4n) is 3.17. The van der Waals surface area contributed by atoms with Gasteiger partial charge >= 0.3 is 6.09 Å². The Bertz CT molecular complexity index is 327. The van der Waals surface area contributed by atoms with Gasteiger partial charge in [0.25, 0.3) is 0 Å². The lowest BCUT2D eigenvalue weighted by Crippen LogP contribution is -2.51. The van der Waals surface area contributed by atoms with E-state index >= 15 is 0 Å². The maximum absolute atomic E-state index is 12.0. The van der Waals surface area contributed by atoms with Crippen LogP contribution in [0.3, 0.4) is 0 Å². The van der Waals surface area contributed by atoms with Gasteiger partial charge in [0.2, 0.25) is 0 Å². The third-order valence-corrected chi connectivity index (χ3v) is 4.27. The maximum atomic E-state index is 12.0. The molecule has 2 rings (SSSR count). The average Bonchev–Trinajstić information content (AvgIpc) is 2.49. The van der Waals surface area contributed by atoms with Gasteiger partial charge in [0.05, 0.1) is 0 Å². The summed E-state index contributed by atoms with van der Waals surface area (Å²) < 4.78 is 5.43. The molecule has 1 aliphatic heterocycles. The second kappa shape index (κ2) is 9.13. The van der Waals surface area contributed by atoms with Gasteiger partial charge in [0.15, 0.2) is 0 Å². The van der Waals surface area contributed by atoms with Gasteiger partial charge < -0.3 is 14.4 Å². The third kappa shape index (κ3) is 6.77. The minimum absolute atomic E-state index is 0.158. The first kappa shape index (κ1) is 18.9. The van der Waals surface area contributed by atoms with Crippen LogP contribution < -0.4 is 0 Å². The molecule has 0 aromatic heterocycles. The van der Waals surface area contributed by atoms with Crippen molar-refractivity contribution in [3.05, 3.63) is 0 Å². The summed E-state index contributed by atoms with van der Waals surface area (Å²) in [5.41, 5.74) is -0.393. The summed E-state index contributed by atoms with van der Waals surface area (Å²) in [6, 6.07) is 0. The number of carbonyl (C=O) groups excluding carboxylic acids is 2. The molecule has 0 unspecified atom stereocenters. The molecule has 2 aliphatic rings. The predicted molar refractivity (Wildman–Crippen MR) is 87.9 cm³/mol. The molecule has 5 nitrogen and oxygen atoms in total. The normalized spacial score (nSPS) is 21.0. The Morgan fingerprint density at radius 2 is 1.59 bits per heavy atom. The summed E-state index contributed by atoms with van der Waals surface area (Å²) in [5, 5.41) is 0. The SMILES string of the molecule is C=O.CC(C)(C)OC(=O)N1CCN(CC2CCCCC2)CC1. The van der Waals surface area contributed by atoms with Gasteiger partial charge in [-0.15, -0.1) is 0 Å². The Kier molecular flexibility index (Phi) is 7.87. The van der Waals surface area contributed by atoms with Crippen LogP contribution in [0.15, 0.2) is 0 Å². The van der Waals surface area contributed by atoms with Crippen molar-refractivity contribution in [2.75, 3.05) is 32.7 Å². The van der Waals surface area contributed by atoms with E-state index in [0.717, 1.165) is 32.1 Å². The number of hydrogen-bond donors (Lipinski definition) is 0. The first-order valence-electron chi connectivity index (χ1n) is 8.43. The van der Waals surface area contributed by atoms with Gasteiger partial charge in [-0.2, -0.15) is 0 Å². The molecule has 5 heteroatoms. The molecule has 0 aromatic rings. The van der Waals surface area contributed by atoms with E-state index in [0.29, 0.717) is 0 Å². The van der Waals surface area contributed by atoms with E-state index in [-0.39, 0.29) is 6.09 Å². The Morgan fingerprint density at radius 3 is 2.09 bits per heavy atom. The molecule has 1 saturated carbocycles. The van der Waals surface area contributed by atoms with Crippen LogP contribution in [0.1, 0.15) is 52.9 Å². The van der Waals surface area contributed by atoms with Crippen LogP contribution in [-0.2, 0) is 9.53 Å². The molecule has 0 atom stereocenters. The summed E-state index contributed by atoms with van der Waals surface area (Å²) in [5.74, 6) is 0.886. The Balaban J connectivity index is 0.00000116. The predicted octanol–water partition coefficient (Wildman–Crippen LogP) is 2.93. The molecular weight excluding hydrogens is 280 g/mol. The zero-order valence-electron chi connectivity index (χ0n) is 14.5. The second-order valence-corrected chi connectivity index (χ2v) is 7.27. The molecule has 128 valence electrons. The lowest BCUT2D eigenvalue weighted by molar-refractivity contribution is -0.0980. The number of rotatable bonds is 2. The molecule has 2 fully saturated rings. The molecule has 0 spiro atoms. The minimum Gasteiger partial charge on any atom is -0.444 e. The van der Waals surface area contributed by atoms with Gasteiger partial charge in [-0.25, -0.2) is 4.79 Å². The van der Waals surface area contributed by atoms with Gasteiger partial charge in [-0.1, -0.05) is 19.3 Å². The molecule has 1 heterocycles. The Labute approximate surface area is 135 Å². The number of nitrogens with zero attached hydrogens (tertiary/aromatic N) is 2. The van der Waals surface area contributed by atoms with Crippen molar-refractivity contribution in [1.82, 2.24) is 9.80 Å². The number of amides is 1. The van der Waals surface area contributed by atoms with Crippen molar-refractivity contribution in [2.24, 2.45) is 5.92 Å². The van der Waals surface area contributed by atoms with Crippen LogP contribution in [0, 0.1) is 5.92 Å². The zero-order chi connectivity index (χ0) is 16.6. The van der Waals surface area contributed by atoms with E-state index in [2.05, 4.69) is 4.90 Å². The minimum atomic E-state index is -0.393. The molecule has 0 aromatic carbocycles. The standard InChI is InChI=1S/C16H30N2O2.CH2O/c1-16(2,3)20-15(19)18-11-9-17(10-12-18)13-14-7-5-4-6-8-14;1-2/h14H,4-13H2,1-3H3;1H2. The molecule has 0 bridgehead atoms. The molecule has 22 heavy (non-hydrogen) atoms. The van der Waals surface area contributed by atoms with Crippen LogP contribution in [-0.4, -0.2) is 61.0 Å². The fourth-order valence-corrected chi connectivity index (χ4v) is 3.17. The van der Waals surface area contributed by atoms with Gasteiger partial charge in [0.1, 0.15) is 12.4 Å². The summed E-state index contributed by atoms with van der Waals surface area (Å²) in [4.78, 5) is 24.4. The maximum Gasteiger partial charge on any atom is 0.410 e. The molecule has 0 radical (unpaired) electrons. The summed E-state index contributed by atoms with van der Waals surface area (Å²) >= 11 is 0. The first-order valence-corrected chi connectivity index (χ1v) is 8.43. The molecule has 0 N–H and O–H groups in total. The Hall–Kier alpha value is -1.10. The summed E-state index contributed by atoms with van der Waals surface area (Å²) in [6.45, 7) is 12.6. The number of piperazine rings is 1. The highest BCUT2D eigenvalue weighted by molar-refractivity contribution is 5.68. The van der Waals surface area contributed by atoms with E-state index in [1.165, 1.54) is 38.6 Å². The lowest BCUT2D eigenvalue weighted by Gasteiger charge is -2.37. The van der Waals surface area contributed by atoms with Gasteiger partial charge in [-0.05, 0) is 39.5 Å². The van der Waals surface area contributed by atoms with E-state index in [1.54, 1.807) is 0 Å². The number of carbonyl (C=O) groups is 2. The number of hydrogen-bond acceptors (Lipinski definition) is 4. The van der Waals surface area contributed by atoms with Crippen LogP contribution in [0.5, 0.6) is 0 Å². The van der Waals surface area contributed by atoms with Crippen molar-refractivity contribution < 1.29 is 14.3 Å². The highest BCUT2D eigenvalue weighted by Gasteiger charge is 2.27. The highest BCUT2D eigenvalue weighted by Crippen LogP contribution is 2.24. The molecule has 1 aliphatic carbocycles. The summed E-state index contributed by atoms with van der Waals surface area (Å²) in [7, 11) is 0. The Morgan fingerprint density at radius 1 is 1.05 bits per heavy atom. The molecule has 1 amide bonds.